The van der Waals surface area contributed by atoms with Crippen LogP contribution in [0.2, 0.25) is 0 Å². The van der Waals surface area contributed by atoms with E-state index in [1.54, 1.807) is 0 Å². The Labute approximate surface area is 230 Å². The second-order valence-electron chi connectivity index (χ2n) is 1.22. The molecular formula is H24Ce2O24S3. The van der Waals surface area contributed by atoms with Crippen LogP contribution in [0.4, 0.5) is 0 Å². The molecule has 24 nitrogen and oxygen atoms in total. The molecule has 0 aromatic heterocycles. The van der Waals surface area contributed by atoms with E-state index >= 15 is 0 Å². The van der Waals surface area contributed by atoms with E-state index in [1.165, 1.54) is 0 Å². The molecule has 24 N–H and O–H groups in total. The molecule has 0 unspecified atom stereocenters. The molecule has 0 heterocycles. The molecule has 0 aliphatic heterocycles. The summed E-state index contributed by atoms with van der Waals surface area (Å²) < 4.78 is 102. The minimum absolute atomic E-state index is 0. The average Bonchev–Trinajstić information content (AvgIpc) is 1.41. The zero-order chi connectivity index (χ0) is 13.5. The molecule has 0 aliphatic rings. The van der Waals surface area contributed by atoms with Gasteiger partial charge in [-0.2, -0.15) is 0 Å². The predicted molar refractivity (Wildman–Crippen MR) is 74.8 cm³/mol. The molecule has 0 aromatic carbocycles. The van der Waals surface area contributed by atoms with Gasteiger partial charge in [0.2, 0.25) is 0 Å². The number of rotatable bonds is 0. The topological polar surface area (TPSA) is 619 Å². The van der Waals surface area contributed by atoms with E-state index in [9.17, 15) is 0 Å². The third kappa shape index (κ3) is 6550. The minimum Gasteiger partial charge on any atom is -0.759 e. The van der Waals surface area contributed by atoms with E-state index in [4.69, 9.17) is 52.6 Å². The van der Waals surface area contributed by atoms with Gasteiger partial charge in [-0.3, -0.25) is 25.3 Å². The van der Waals surface area contributed by atoms with Crippen LogP contribution < -0.4 is 0 Å². The molecule has 2 radical (unpaired) electrons. The molecule has 0 saturated carbocycles. The second kappa shape index (κ2) is 63.1. The average molecular weight is 785 g/mol. The number of hydrogen-bond donors (Lipinski definition) is 0. The largest absolute Gasteiger partial charge is 3.00 e. The summed E-state index contributed by atoms with van der Waals surface area (Å²) in [6.45, 7) is 0. The van der Waals surface area contributed by atoms with Crippen molar-refractivity contribution >= 4 is 31.2 Å². The quantitative estimate of drug-likeness (QED) is 0.163. The van der Waals surface area contributed by atoms with E-state index in [2.05, 4.69) is 0 Å². The van der Waals surface area contributed by atoms with Gasteiger partial charge in [-0.25, -0.2) is 0 Å². The second-order valence-corrected chi connectivity index (χ2v) is 3.67. The molecule has 0 aliphatic carbocycles. The first-order valence-electron chi connectivity index (χ1n) is 2.00. The predicted octanol–water partition coefficient (Wildman–Crippen LogP) is -13.9. The smallest absolute Gasteiger partial charge is 0.759 e. The van der Waals surface area contributed by atoms with E-state index in [0.29, 0.717) is 0 Å². The summed E-state index contributed by atoms with van der Waals surface area (Å²) >= 11 is 0. The summed E-state index contributed by atoms with van der Waals surface area (Å²) in [5.41, 5.74) is 0. The van der Waals surface area contributed by atoms with Crippen molar-refractivity contribution < 1.29 is 202 Å². The van der Waals surface area contributed by atoms with Gasteiger partial charge in [0.05, 0.1) is 0 Å². The van der Waals surface area contributed by atoms with Crippen LogP contribution in [0.3, 0.4) is 0 Å². The van der Waals surface area contributed by atoms with Crippen LogP contribution in [-0.2, 0) is 31.2 Å². The summed E-state index contributed by atoms with van der Waals surface area (Å²) in [6, 6.07) is 0. The fraction of sp³-hybridized carbons (Fsp3) is 0. The summed E-state index contributed by atoms with van der Waals surface area (Å²) in [6.07, 6.45) is 0. The van der Waals surface area contributed by atoms with E-state index in [1.807, 2.05) is 0 Å². The van der Waals surface area contributed by atoms with Gasteiger partial charge in [0.25, 0.3) is 0 Å². The van der Waals surface area contributed by atoms with Gasteiger partial charge >= 0.3 is 83.5 Å². The third-order valence-corrected chi connectivity index (χ3v) is 0. The standard InChI is InChI=1S/2Ce.3H2O4S.12H2O/c;;3*1-5(2,3)4;;;;;;;;;;;;/h;;3*(H2,1,2,3,4);12*1H2/q2*+3;;;;;;;;;;;;;;;/p-6. The molecule has 0 fully saturated rings. The Morgan fingerprint density at radius 2 is 0.276 bits per heavy atom. The maximum Gasteiger partial charge on any atom is 3.00 e. The van der Waals surface area contributed by atoms with Crippen LogP contribution in [0.1, 0.15) is 0 Å². The zero-order valence-corrected chi connectivity index (χ0v) is 21.9. The maximum absolute atomic E-state index is 8.52. The van der Waals surface area contributed by atoms with Gasteiger partial charge in [0.15, 0.2) is 0 Å². The van der Waals surface area contributed by atoms with Crippen LogP contribution in [0.5, 0.6) is 0 Å². The Kier molecular flexibility index (Phi) is 311. The monoisotopic (exact) mass is 784 g/mol. The van der Waals surface area contributed by atoms with Crippen molar-refractivity contribution in [2.24, 2.45) is 0 Å². The Hall–Kier alpha value is 1.88. The molecule has 0 bridgehead atoms. The Bertz CT molecular complexity index is 345. The SMILES string of the molecule is O.O.O.O.O.O.O.O.O.O.O.O.O=S(=O)([O-])[O-].O=S(=O)([O-])[O-].O=S(=O)([O-])[O-].[Ce+3].[Ce+3]. The molecular weight excluding hydrogens is 760 g/mol. The Morgan fingerprint density at radius 1 is 0.276 bits per heavy atom. The minimum atomic E-state index is -5.17. The fourth-order valence-electron chi connectivity index (χ4n) is 0. The van der Waals surface area contributed by atoms with Crippen LogP contribution in [0.25, 0.3) is 0 Å². The van der Waals surface area contributed by atoms with Crippen molar-refractivity contribution in [2.45, 2.75) is 0 Å². The summed E-state index contributed by atoms with van der Waals surface area (Å²) in [7, 11) is -15.5. The van der Waals surface area contributed by atoms with Gasteiger partial charge in [-0.1, -0.05) is 0 Å². The van der Waals surface area contributed by atoms with E-state index < -0.39 is 31.2 Å². The zero-order valence-electron chi connectivity index (χ0n) is 13.1. The normalized spacial score (nSPS) is 6.00. The van der Waals surface area contributed by atoms with Crippen LogP contribution in [-0.4, -0.2) is 118 Å². The molecule has 29 heavy (non-hydrogen) atoms. The number of hydrogen-bond acceptors (Lipinski definition) is 12. The maximum atomic E-state index is 8.52. The Morgan fingerprint density at radius 3 is 0.276 bits per heavy atom. The molecule has 0 aromatic rings. The molecule has 0 spiro atoms. The molecule has 0 amide bonds. The van der Waals surface area contributed by atoms with Crippen molar-refractivity contribution in [3.8, 4) is 0 Å². The van der Waals surface area contributed by atoms with Crippen molar-refractivity contribution in [1.82, 2.24) is 0 Å². The van der Waals surface area contributed by atoms with Gasteiger partial charge in [-0.15, -0.1) is 0 Å². The summed E-state index contributed by atoms with van der Waals surface area (Å²) in [5.74, 6) is 0. The van der Waals surface area contributed by atoms with Crippen molar-refractivity contribution in [2.75, 3.05) is 0 Å². The first kappa shape index (κ1) is 143. The van der Waals surface area contributed by atoms with Gasteiger partial charge in [0, 0.05) is 31.2 Å². The van der Waals surface area contributed by atoms with Gasteiger partial charge < -0.3 is 93.0 Å². The van der Waals surface area contributed by atoms with Gasteiger partial charge in [-0.05, 0) is 0 Å². The third-order valence-electron chi connectivity index (χ3n) is 0. The first-order valence-corrected chi connectivity index (χ1v) is 6.00. The van der Waals surface area contributed by atoms with Crippen LogP contribution >= 0.6 is 0 Å². The Balaban J connectivity index is -0.00000000400. The van der Waals surface area contributed by atoms with Crippen LogP contribution in [0, 0.1) is 83.5 Å². The van der Waals surface area contributed by atoms with Gasteiger partial charge in [0.1, 0.15) is 0 Å². The van der Waals surface area contributed by atoms with Crippen molar-refractivity contribution in [3.05, 3.63) is 0 Å². The summed E-state index contributed by atoms with van der Waals surface area (Å²) in [4.78, 5) is 0. The molecule has 0 rings (SSSR count). The summed E-state index contributed by atoms with van der Waals surface area (Å²) in [5, 5.41) is 0. The van der Waals surface area contributed by atoms with Crippen molar-refractivity contribution in [3.63, 3.8) is 0 Å². The van der Waals surface area contributed by atoms with E-state index in [-0.39, 0.29) is 149 Å². The van der Waals surface area contributed by atoms with E-state index in [0.717, 1.165) is 0 Å². The molecule has 0 atom stereocenters. The van der Waals surface area contributed by atoms with Crippen molar-refractivity contribution in [1.29, 1.82) is 0 Å². The first-order chi connectivity index (χ1) is 6.00. The molecule has 29 heteroatoms. The molecule has 194 valence electrons. The van der Waals surface area contributed by atoms with Crippen LogP contribution in [0.15, 0.2) is 0 Å². The fourth-order valence-corrected chi connectivity index (χ4v) is 0. The molecule has 0 saturated heterocycles.